The van der Waals surface area contributed by atoms with Gasteiger partial charge in [0.15, 0.2) is 0 Å². The maximum atomic E-state index is 12.5. The van der Waals surface area contributed by atoms with Gasteiger partial charge in [0, 0.05) is 29.2 Å². The number of amides is 1. The maximum Gasteiger partial charge on any atom is 0.254 e. The quantitative estimate of drug-likeness (QED) is 0.857. The van der Waals surface area contributed by atoms with E-state index in [4.69, 9.17) is 11.6 Å². The fraction of sp³-hybridized carbons (Fsp3) is 0.333. The van der Waals surface area contributed by atoms with E-state index in [1.807, 2.05) is 32.9 Å². The predicted octanol–water partition coefficient (Wildman–Crippen LogP) is 3.68. The minimum atomic E-state index is 0.0303. The maximum absolute atomic E-state index is 12.5. The molecule has 0 saturated heterocycles. The predicted molar refractivity (Wildman–Crippen MR) is 78.7 cm³/mol. The van der Waals surface area contributed by atoms with E-state index in [0.29, 0.717) is 23.7 Å². The molecule has 19 heavy (non-hydrogen) atoms. The number of hydrogen-bond donors (Lipinski definition) is 0. The molecule has 4 heteroatoms. The highest BCUT2D eigenvalue weighted by Gasteiger charge is 2.16. The number of nitrogens with zero attached hydrogens (tertiary/aromatic N) is 2. The molecule has 1 amide bonds. The topological polar surface area (TPSA) is 33.2 Å². The Morgan fingerprint density at radius 2 is 1.95 bits per heavy atom. The number of aromatic nitrogens is 1. The van der Waals surface area contributed by atoms with Gasteiger partial charge >= 0.3 is 0 Å². The lowest BCUT2D eigenvalue weighted by Gasteiger charge is -2.19. The lowest BCUT2D eigenvalue weighted by atomic mass is 10.1. The molecule has 0 aliphatic heterocycles. The average Bonchev–Trinajstić information content (AvgIpc) is 2.39. The fourth-order valence-corrected chi connectivity index (χ4v) is 2.36. The summed E-state index contributed by atoms with van der Waals surface area (Å²) in [4.78, 5) is 18.8. The molecule has 2 aromatic rings. The highest BCUT2D eigenvalue weighted by atomic mass is 35.5. The van der Waals surface area contributed by atoms with Crippen molar-refractivity contribution in [3.63, 3.8) is 0 Å². The number of aryl methyl sites for hydroxylation is 1. The molecular formula is C15H17ClN2O. The van der Waals surface area contributed by atoms with Gasteiger partial charge in [0.25, 0.3) is 5.91 Å². The molecular weight excluding hydrogens is 260 g/mol. The Morgan fingerprint density at radius 3 is 2.58 bits per heavy atom. The third-order valence-electron chi connectivity index (χ3n) is 3.18. The molecule has 0 N–H and O–H groups in total. The van der Waals surface area contributed by atoms with Crippen LogP contribution in [0.3, 0.4) is 0 Å². The summed E-state index contributed by atoms with van der Waals surface area (Å²) in [5, 5.41) is 1.43. The first kappa shape index (κ1) is 13.8. The van der Waals surface area contributed by atoms with Crippen LogP contribution in [0.15, 0.2) is 24.3 Å². The minimum absolute atomic E-state index is 0.0303. The highest BCUT2D eigenvalue weighted by Crippen LogP contribution is 2.23. The van der Waals surface area contributed by atoms with Crippen molar-refractivity contribution in [3.05, 3.63) is 40.5 Å². The van der Waals surface area contributed by atoms with Crippen molar-refractivity contribution in [3.8, 4) is 0 Å². The van der Waals surface area contributed by atoms with Crippen molar-refractivity contribution >= 4 is 28.4 Å². The van der Waals surface area contributed by atoms with Crippen molar-refractivity contribution in [1.29, 1.82) is 0 Å². The Hall–Kier alpha value is -1.61. The highest BCUT2D eigenvalue weighted by molar-refractivity contribution is 6.31. The second-order valence-corrected chi connectivity index (χ2v) is 4.89. The zero-order valence-corrected chi connectivity index (χ0v) is 12.2. The van der Waals surface area contributed by atoms with E-state index < -0.39 is 0 Å². The van der Waals surface area contributed by atoms with Gasteiger partial charge in [0.05, 0.1) is 11.1 Å². The van der Waals surface area contributed by atoms with Gasteiger partial charge < -0.3 is 4.90 Å². The number of carbonyl (C=O) groups is 1. The summed E-state index contributed by atoms with van der Waals surface area (Å²) in [6, 6.07) is 7.28. The Morgan fingerprint density at radius 1 is 1.26 bits per heavy atom. The van der Waals surface area contributed by atoms with Gasteiger partial charge in [-0.1, -0.05) is 11.6 Å². The van der Waals surface area contributed by atoms with Gasteiger partial charge in [-0.3, -0.25) is 9.78 Å². The Kier molecular flexibility index (Phi) is 4.05. The molecule has 0 saturated carbocycles. The van der Waals surface area contributed by atoms with Crippen LogP contribution >= 0.6 is 11.6 Å². The molecule has 0 aliphatic carbocycles. The number of rotatable bonds is 3. The molecule has 100 valence electrons. The molecule has 0 aliphatic rings. The number of halogens is 1. The van der Waals surface area contributed by atoms with Crippen LogP contribution in [0.25, 0.3) is 10.9 Å². The van der Waals surface area contributed by atoms with Gasteiger partial charge in [0.1, 0.15) is 0 Å². The number of benzene rings is 1. The molecule has 1 heterocycles. The van der Waals surface area contributed by atoms with Crippen LogP contribution in [0.1, 0.15) is 29.9 Å². The summed E-state index contributed by atoms with van der Waals surface area (Å²) >= 11 is 6.03. The van der Waals surface area contributed by atoms with Gasteiger partial charge in [-0.2, -0.15) is 0 Å². The molecule has 0 radical (unpaired) electrons. The van der Waals surface area contributed by atoms with Crippen molar-refractivity contribution < 1.29 is 4.79 Å². The molecule has 0 fully saturated rings. The first-order valence-electron chi connectivity index (χ1n) is 6.43. The van der Waals surface area contributed by atoms with Crippen molar-refractivity contribution in [2.45, 2.75) is 20.8 Å². The first-order chi connectivity index (χ1) is 9.06. The van der Waals surface area contributed by atoms with E-state index in [9.17, 15) is 4.79 Å². The number of fused-ring (bicyclic) bond motifs is 1. The Labute approximate surface area is 118 Å². The summed E-state index contributed by atoms with van der Waals surface area (Å²) in [5.74, 6) is 0.0303. The SMILES string of the molecule is CCN(CC)C(=O)c1cc(C)nc2ccc(Cl)cc12. The molecule has 0 spiro atoms. The summed E-state index contributed by atoms with van der Waals surface area (Å²) < 4.78 is 0. The van der Waals surface area contributed by atoms with E-state index >= 15 is 0 Å². The van der Waals surface area contributed by atoms with Gasteiger partial charge in [-0.05, 0) is 45.0 Å². The lowest BCUT2D eigenvalue weighted by molar-refractivity contribution is 0.0775. The Balaban J connectivity index is 2.64. The molecule has 0 atom stereocenters. The van der Waals surface area contributed by atoms with Crippen LogP contribution in [0, 0.1) is 6.92 Å². The number of carbonyl (C=O) groups excluding carboxylic acids is 1. The smallest absolute Gasteiger partial charge is 0.254 e. The summed E-state index contributed by atoms with van der Waals surface area (Å²) in [5.41, 5.74) is 2.32. The van der Waals surface area contributed by atoms with Crippen LogP contribution in [-0.4, -0.2) is 28.9 Å². The zero-order valence-electron chi connectivity index (χ0n) is 11.4. The van der Waals surface area contributed by atoms with Crippen molar-refractivity contribution in [2.75, 3.05) is 13.1 Å². The summed E-state index contributed by atoms with van der Waals surface area (Å²) in [7, 11) is 0. The van der Waals surface area contributed by atoms with Crippen molar-refractivity contribution in [1.82, 2.24) is 9.88 Å². The third kappa shape index (κ3) is 2.71. The second kappa shape index (κ2) is 5.57. The fourth-order valence-electron chi connectivity index (χ4n) is 2.19. The van der Waals surface area contributed by atoms with Crippen molar-refractivity contribution in [2.24, 2.45) is 0 Å². The summed E-state index contributed by atoms with van der Waals surface area (Å²) in [6.45, 7) is 7.24. The van der Waals surface area contributed by atoms with E-state index in [1.54, 1.807) is 17.0 Å². The van der Waals surface area contributed by atoms with Crippen LogP contribution in [-0.2, 0) is 0 Å². The molecule has 0 bridgehead atoms. The normalized spacial score (nSPS) is 10.7. The second-order valence-electron chi connectivity index (χ2n) is 4.45. The molecule has 0 unspecified atom stereocenters. The van der Waals surface area contributed by atoms with E-state index in [-0.39, 0.29) is 5.91 Å². The van der Waals surface area contributed by atoms with Crippen LogP contribution in [0.4, 0.5) is 0 Å². The van der Waals surface area contributed by atoms with Crippen LogP contribution in [0.5, 0.6) is 0 Å². The molecule has 3 nitrogen and oxygen atoms in total. The van der Waals surface area contributed by atoms with Crippen LogP contribution in [0.2, 0.25) is 5.02 Å². The van der Waals surface area contributed by atoms with E-state index in [0.717, 1.165) is 16.6 Å². The Bertz CT molecular complexity index is 621. The molecule has 1 aromatic heterocycles. The monoisotopic (exact) mass is 276 g/mol. The van der Waals surface area contributed by atoms with Crippen LogP contribution < -0.4 is 0 Å². The third-order valence-corrected chi connectivity index (χ3v) is 3.41. The lowest BCUT2D eigenvalue weighted by Crippen LogP contribution is -2.30. The van der Waals surface area contributed by atoms with E-state index in [2.05, 4.69) is 4.98 Å². The van der Waals surface area contributed by atoms with Gasteiger partial charge in [-0.25, -0.2) is 0 Å². The van der Waals surface area contributed by atoms with Gasteiger partial charge in [0.2, 0.25) is 0 Å². The molecule has 2 rings (SSSR count). The van der Waals surface area contributed by atoms with Gasteiger partial charge in [-0.15, -0.1) is 0 Å². The largest absolute Gasteiger partial charge is 0.339 e. The summed E-state index contributed by atoms with van der Waals surface area (Å²) in [6.07, 6.45) is 0. The standard InChI is InChI=1S/C15H17ClN2O/c1-4-18(5-2)15(19)13-8-10(3)17-14-7-6-11(16)9-12(13)14/h6-9H,4-5H2,1-3H3. The first-order valence-corrected chi connectivity index (χ1v) is 6.80. The molecule has 1 aromatic carbocycles. The average molecular weight is 277 g/mol. The number of hydrogen-bond acceptors (Lipinski definition) is 2. The minimum Gasteiger partial charge on any atom is -0.339 e. The van der Waals surface area contributed by atoms with E-state index in [1.165, 1.54) is 0 Å². The zero-order chi connectivity index (χ0) is 14.0. The number of pyridine rings is 1.